The lowest BCUT2D eigenvalue weighted by atomic mass is 9.78. The molecular weight excluding hydrogens is 255 g/mol. The van der Waals surface area contributed by atoms with Crippen molar-refractivity contribution in [1.29, 1.82) is 0 Å². The minimum atomic E-state index is -0.821. The Morgan fingerprint density at radius 3 is 2.65 bits per heavy atom. The molecule has 0 N–H and O–H groups in total. The Morgan fingerprint density at radius 1 is 1.30 bits per heavy atom. The van der Waals surface area contributed by atoms with E-state index in [9.17, 15) is 4.79 Å². The van der Waals surface area contributed by atoms with Gasteiger partial charge in [0.2, 0.25) is 0 Å². The third-order valence-electron chi connectivity index (χ3n) is 3.76. The van der Waals surface area contributed by atoms with Gasteiger partial charge in [-0.3, -0.25) is 0 Å². The summed E-state index contributed by atoms with van der Waals surface area (Å²) in [4.78, 5) is 10.7. The molecule has 0 aromatic heterocycles. The van der Waals surface area contributed by atoms with Gasteiger partial charge < -0.3 is 14.0 Å². The van der Waals surface area contributed by atoms with Gasteiger partial charge >= 0.3 is 7.12 Å². The fraction of sp³-hybridized carbons (Fsp3) is 0.467. The molecule has 5 heteroatoms. The first-order chi connectivity index (χ1) is 9.43. The summed E-state index contributed by atoms with van der Waals surface area (Å²) >= 11 is 0. The molecule has 0 saturated carbocycles. The van der Waals surface area contributed by atoms with E-state index in [1.54, 1.807) is 5.94 Å². The molecule has 1 atom stereocenters. The summed E-state index contributed by atoms with van der Waals surface area (Å²) < 4.78 is 17.5. The van der Waals surface area contributed by atoms with Gasteiger partial charge in [-0.1, -0.05) is 18.2 Å². The minimum Gasteiger partial charge on any atom is -0.494 e. The van der Waals surface area contributed by atoms with Gasteiger partial charge in [0.1, 0.15) is 17.3 Å². The molecule has 0 spiro atoms. The quantitative estimate of drug-likeness (QED) is 0.620. The minimum absolute atomic E-state index is 0.567. The van der Waals surface area contributed by atoms with Crippen molar-refractivity contribution in [3.8, 4) is 5.75 Å². The van der Waals surface area contributed by atoms with Crippen LogP contribution in [0.2, 0.25) is 0 Å². The molecule has 1 fully saturated rings. The predicted molar refractivity (Wildman–Crippen MR) is 77.9 cm³/mol. The highest BCUT2D eigenvalue weighted by Crippen LogP contribution is 2.38. The van der Waals surface area contributed by atoms with E-state index in [4.69, 9.17) is 14.0 Å². The lowest BCUT2D eigenvalue weighted by Crippen LogP contribution is -2.43. The first-order valence-electron chi connectivity index (χ1n) is 6.73. The van der Waals surface area contributed by atoms with Gasteiger partial charge in [-0.15, -0.1) is 0 Å². The van der Waals surface area contributed by atoms with Gasteiger partial charge in [0, 0.05) is 11.5 Å². The number of rotatable bonds is 4. The third kappa shape index (κ3) is 2.52. The number of hydrogen-bond acceptors (Lipinski definition) is 4. The number of hydrogen-bond donors (Lipinski definition) is 0. The van der Waals surface area contributed by atoms with E-state index in [1.807, 2.05) is 52.0 Å². The van der Waals surface area contributed by atoms with Gasteiger partial charge in [0.05, 0.1) is 12.2 Å². The van der Waals surface area contributed by atoms with Crippen molar-refractivity contribution in [2.45, 2.75) is 38.9 Å². The molecule has 20 heavy (non-hydrogen) atoms. The average Bonchev–Trinajstić information content (AvgIpc) is 2.61. The second-order valence-corrected chi connectivity index (χ2v) is 5.42. The summed E-state index contributed by atoms with van der Waals surface area (Å²) in [5, 5.41) is 0. The van der Waals surface area contributed by atoms with E-state index in [-0.39, 0.29) is 0 Å². The molecule has 0 aliphatic carbocycles. The molecule has 0 bridgehead atoms. The Morgan fingerprint density at radius 2 is 2.00 bits per heavy atom. The fourth-order valence-corrected chi connectivity index (χ4v) is 2.18. The maximum atomic E-state index is 10.7. The first-order valence-corrected chi connectivity index (χ1v) is 6.73. The smallest absolute Gasteiger partial charge is 0.494 e. The maximum absolute atomic E-state index is 10.7. The van der Waals surface area contributed by atoms with Crippen LogP contribution in [-0.2, 0) is 14.1 Å². The molecule has 1 heterocycles. The molecule has 2 rings (SSSR count). The van der Waals surface area contributed by atoms with Crippen molar-refractivity contribution in [2.75, 3.05) is 6.61 Å². The van der Waals surface area contributed by atoms with Crippen LogP contribution in [0.5, 0.6) is 5.75 Å². The van der Waals surface area contributed by atoms with Crippen molar-refractivity contribution in [3.63, 3.8) is 0 Å². The highest BCUT2D eigenvalue weighted by Gasteiger charge is 2.54. The zero-order chi connectivity index (χ0) is 14.8. The maximum Gasteiger partial charge on any atom is 0.498 e. The number of benzene rings is 1. The van der Waals surface area contributed by atoms with E-state index >= 15 is 0 Å². The molecule has 1 aliphatic rings. The van der Waals surface area contributed by atoms with E-state index < -0.39 is 18.3 Å². The lowest BCUT2D eigenvalue weighted by Gasteiger charge is -2.32. The fourth-order valence-electron chi connectivity index (χ4n) is 2.18. The Balaban J connectivity index is 2.35. The average molecular weight is 274 g/mol. The topological polar surface area (TPSA) is 44.8 Å². The standard InChI is InChI=1S/C15H19BO4/c1-5-18-13-9-7-6-8-12(13)16-19-14(2,3)15(4,20-16)10-11-17/h6-10H,5H2,1-4H3. The van der Waals surface area contributed by atoms with Gasteiger partial charge in [-0.25, -0.2) is 4.79 Å². The number of ether oxygens (including phenoxy) is 1. The highest BCUT2D eigenvalue weighted by molar-refractivity contribution is 6.63. The normalized spacial score (nSPS) is 24.3. The summed E-state index contributed by atoms with van der Waals surface area (Å²) in [6, 6.07) is 7.59. The van der Waals surface area contributed by atoms with Gasteiger partial charge in [0.15, 0.2) is 0 Å². The largest absolute Gasteiger partial charge is 0.498 e. The van der Waals surface area contributed by atoms with Gasteiger partial charge in [-0.2, -0.15) is 0 Å². The molecule has 1 aromatic carbocycles. The van der Waals surface area contributed by atoms with Crippen molar-refractivity contribution < 1.29 is 18.8 Å². The summed E-state index contributed by atoms with van der Waals surface area (Å²) in [5.74, 6) is 2.54. The summed E-state index contributed by atoms with van der Waals surface area (Å²) in [6.07, 6.45) is 1.37. The summed E-state index contributed by atoms with van der Waals surface area (Å²) in [7, 11) is -0.567. The lowest BCUT2D eigenvalue weighted by molar-refractivity contribution is 0.0292. The van der Waals surface area contributed by atoms with E-state index in [2.05, 4.69) is 0 Å². The van der Waals surface area contributed by atoms with Crippen LogP contribution in [0.4, 0.5) is 0 Å². The van der Waals surface area contributed by atoms with Crippen molar-refractivity contribution in [2.24, 2.45) is 0 Å². The van der Waals surface area contributed by atoms with Crippen molar-refractivity contribution in [1.82, 2.24) is 0 Å². The van der Waals surface area contributed by atoms with E-state index in [0.717, 1.165) is 11.2 Å². The Labute approximate surface area is 119 Å². The van der Waals surface area contributed by atoms with Gasteiger partial charge in [-0.05, 0) is 33.8 Å². The van der Waals surface area contributed by atoms with Gasteiger partial charge in [0.25, 0.3) is 0 Å². The number of para-hydroxylation sites is 1. The Kier molecular flexibility index (Phi) is 4.05. The SMILES string of the molecule is CCOc1ccccc1B1OC(C)(C)C(C)(C=C=O)O1. The van der Waals surface area contributed by atoms with Crippen LogP contribution in [0.1, 0.15) is 27.7 Å². The zero-order valence-electron chi connectivity index (χ0n) is 12.3. The predicted octanol–water partition coefficient (Wildman–Crippen LogP) is 1.75. The Bertz CT molecular complexity index is 536. The van der Waals surface area contributed by atoms with Crippen LogP contribution < -0.4 is 10.2 Å². The molecular formula is C15H19BO4. The van der Waals surface area contributed by atoms with Crippen molar-refractivity contribution >= 4 is 18.5 Å². The van der Waals surface area contributed by atoms with Crippen LogP contribution in [0.25, 0.3) is 0 Å². The zero-order valence-corrected chi connectivity index (χ0v) is 12.3. The van der Waals surface area contributed by atoms with E-state index in [0.29, 0.717) is 6.61 Å². The molecule has 1 aromatic rings. The summed E-state index contributed by atoms with van der Waals surface area (Å²) in [5.41, 5.74) is -0.627. The monoisotopic (exact) mass is 274 g/mol. The number of carbonyl (C=O) groups excluding carboxylic acids is 1. The van der Waals surface area contributed by atoms with Crippen LogP contribution in [0.15, 0.2) is 30.3 Å². The van der Waals surface area contributed by atoms with Crippen molar-refractivity contribution in [3.05, 3.63) is 30.3 Å². The molecule has 106 valence electrons. The van der Waals surface area contributed by atoms with Crippen LogP contribution in [0.3, 0.4) is 0 Å². The van der Waals surface area contributed by atoms with Crippen LogP contribution >= 0.6 is 0 Å². The molecule has 1 saturated heterocycles. The second kappa shape index (κ2) is 5.45. The van der Waals surface area contributed by atoms with Crippen LogP contribution in [-0.4, -0.2) is 30.9 Å². The Hall–Kier alpha value is -1.55. The first kappa shape index (κ1) is 14.9. The van der Waals surface area contributed by atoms with Crippen LogP contribution in [0, 0.1) is 0 Å². The summed E-state index contributed by atoms with van der Waals surface area (Å²) in [6.45, 7) is 8.10. The molecule has 1 unspecified atom stereocenters. The second-order valence-electron chi connectivity index (χ2n) is 5.42. The molecule has 4 nitrogen and oxygen atoms in total. The molecule has 1 aliphatic heterocycles. The molecule has 0 amide bonds. The van der Waals surface area contributed by atoms with E-state index in [1.165, 1.54) is 6.08 Å². The molecule has 0 radical (unpaired) electrons. The highest BCUT2D eigenvalue weighted by atomic mass is 16.7. The third-order valence-corrected chi connectivity index (χ3v) is 3.76.